The molecule has 0 radical (unpaired) electrons. The highest BCUT2D eigenvalue weighted by atomic mass is 32.2. The van der Waals surface area contributed by atoms with Gasteiger partial charge in [0.1, 0.15) is 19.4 Å². The van der Waals surface area contributed by atoms with E-state index in [1.807, 2.05) is 0 Å². The van der Waals surface area contributed by atoms with Crippen molar-refractivity contribution < 1.29 is 27.9 Å². The first-order chi connectivity index (χ1) is 11.3. The van der Waals surface area contributed by atoms with Crippen LogP contribution in [0.1, 0.15) is 0 Å². The van der Waals surface area contributed by atoms with E-state index in [4.69, 9.17) is 9.84 Å². The van der Waals surface area contributed by atoms with Gasteiger partial charge in [-0.2, -0.15) is 4.31 Å². The van der Waals surface area contributed by atoms with Crippen LogP contribution in [-0.2, 0) is 30.9 Å². The van der Waals surface area contributed by atoms with Crippen LogP contribution in [-0.4, -0.2) is 100.0 Å². The Morgan fingerprint density at radius 3 is 2.79 bits per heavy atom. The molecule has 12 nitrogen and oxygen atoms in total. The second-order valence-electron chi connectivity index (χ2n) is 5.29. The predicted octanol–water partition coefficient (Wildman–Crippen LogP) is -2.75. The molecule has 1 aliphatic rings. The van der Waals surface area contributed by atoms with Gasteiger partial charge in [-0.05, 0) is 10.4 Å². The number of amides is 1. The number of carbonyl (C=O) groups excluding carboxylic acids is 1. The van der Waals surface area contributed by atoms with Crippen LogP contribution in [0.4, 0.5) is 0 Å². The van der Waals surface area contributed by atoms with Gasteiger partial charge in [0.05, 0.1) is 19.0 Å². The fraction of sp³-hybridized carbons (Fsp3) is 0.727. The van der Waals surface area contributed by atoms with Crippen molar-refractivity contribution >= 4 is 21.9 Å². The second-order valence-corrected chi connectivity index (χ2v) is 7.27. The molecule has 0 aliphatic carbocycles. The highest BCUT2D eigenvalue weighted by molar-refractivity contribution is 7.88. The zero-order valence-corrected chi connectivity index (χ0v) is 13.8. The number of nitrogens with zero attached hydrogens (tertiary/aromatic N) is 6. The Bertz CT molecular complexity index is 677. The molecule has 1 fully saturated rings. The third kappa shape index (κ3) is 5.21. The van der Waals surface area contributed by atoms with Crippen molar-refractivity contribution in [3.63, 3.8) is 0 Å². The van der Waals surface area contributed by atoms with Crippen LogP contribution >= 0.6 is 0 Å². The largest absolute Gasteiger partial charge is 0.480 e. The van der Waals surface area contributed by atoms with Crippen LogP contribution in [0, 0.1) is 0 Å². The Kier molecular flexibility index (Phi) is 5.80. The summed E-state index contributed by atoms with van der Waals surface area (Å²) in [6, 6.07) is 0. The van der Waals surface area contributed by atoms with Crippen molar-refractivity contribution in [2.45, 2.75) is 12.6 Å². The summed E-state index contributed by atoms with van der Waals surface area (Å²) in [4.78, 5) is 24.5. The van der Waals surface area contributed by atoms with Crippen molar-refractivity contribution in [1.82, 2.24) is 29.4 Å². The SMILES string of the molecule is CS(=O)(=O)N(CC(=O)O)CC1CN(C(=O)Cn2cnnn2)CCO1. The lowest BCUT2D eigenvalue weighted by Crippen LogP contribution is -2.51. The number of rotatable bonds is 7. The first-order valence-electron chi connectivity index (χ1n) is 7.03. The standard InChI is InChI=1S/C11H18N6O6S/c1-24(21,22)17(7-11(19)20)5-9-4-15(2-3-23-9)10(18)6-16-8-12-13-14-16/h8-9H,2-7H2,1H3,(H,19,20). The minimum Gasteiger partial charge on any atom is -0.480 e. The van der Waals surface area contributed by atoms with Crippen LogP contribution in [0.3, 0.4) is 0 Å². The molecule has 0 bridgehead atoms. The quantitative estimate of drug-likeness (QED) is 0.545. The number of carboxylic acid groups (broad SMARTS) is 1. The van der Waals surface area contributed by atoms with E-state index in [2.05, 4.69) is 15.5 Å². The van der Waals surface area contributed by atoms with Crippen molar-refractivity contribution in [3.05, 3.63) is 6.33 Å². The summed E-state index contributed by atoms with van der Waals surface area (Å²) < 4.78 is 30.9. The van der Waals surface area contributed by atoms with Gasteiger partial charge in [-0.25, -0.2) is 13.1 Å². The number of hydrogen-bond donors (Lipinski definition) is 1. The number of aliphatic carboxylic acids is 1. The van der Waals surface area contributed by atoms with Gasteiger partial charge in [0.25, 0.3) is 0 Å². The molecular weight excluding hydrogens is 344 g/mol. The topological polar surface area (TPSA) is 148 Å². The van der Waals surface area contributed by atoms with Gasteiger partial charge in [0.2, 0.25) is 15.9 Å². The number of morpholine rings is 1. The molecule has 0 saturated carbocycles. The average molecular weight is 362 g/mol. The molecule has 1 aromatic rings. The summed E-state index contributed by atoms with van der Waals surface area (Å²) in [5.74, 6) is -1.50. The summed E-state index contributed by atoms with van der Waals surface area (Å²) >= 11 is 0. The van der Waals surface area contributed by atoms with Gasteiger partial charge in [-0.1, -0.05) is 0 Å². The van der Waals surface area contributed by atoms with E-state index in [9.17, 15) is 18.0 Å². The fourth-order valence-electron chi connectivity index (χ4n) is 2.24. The van der Waals surface area contributed by atoms with Crippen LogP contribution in [0.25, 0.3) is 0 Å². The molecule has 1 aromatic heterocycles. The van der Waals surface area contributed by atoms with Crippen molar-refractivity contribution in [2.24, 2.45) is 0 Å². The molecule has 0 aromatic carbocycles. The third-order valence-corrected chi connectivity index (χ3v) is 4.58. The average Bonchev–Trinajstić information content (AvgIpc) is 2.98. The molecule has 0 spiro atoms. The molecule has 2 rings (SSSR count). The van der Waals surface area contributed by atoms with E-state index < -0.39 is 28.6 Å². The Labute approximate surface area is 138 Å². The molecule has 1 N–H and O–H groups in total. The molecule has 134 valence electrons. The Hall–Kier alpha value is -2.12. The van der Waals surface area contributed by atoms with E-state index in [1.165, 1.54) is 15.9 Å². The lowest BCUT2D eigenvalue weighted by Gasteiger charge is -2.34. The van der Waals surface area contributed by atoms with Crippen LogP contribution in [0.5, 0.6) is 0 Å². The number of carboxylic acids is 1. The van der Waals surface area contributed by atoms with E-state index >= 15 is 0 Å². The molecule has 24 heavy (non-hydrogen) atoms. The normalized spacial score (nSPS) is 18.8. The molecular formula is C11H18N6O6S. The number of sulfonamides is 1. The van der Waals surface area contributed by atoms with E-state index in [0.29, 0.717) is 6.54 Å². The zero-order valence-electron chi connectivity index (χ0n) is 13.0. The van der Waals surface area contributed by atoms with E-state index in [1.54, 1.807) is 0 Å². The van der Waals surface area contributed by atoms with E-state index in [-0.39, 0.29) is 32.1 Å². The Morgan fingerprint density at radius 1 is 1.46 bits per heavy atom. The maximum absolute atomic E-state index is 12.2. The van der Waals surface area contributed by atoms with Gasteiger partial charge in [-0.15, -0.1) is 5.10 Å². The molecule has 1 saturated heterocycles. The first kappa shape index (κ1) is 18.2. The van der Waals surface area contributed by atoms with Crippen LogP contribution < -0.4 is 0 Å². The molecule has 1 unspecified atom stereocenters. The number of ether oxygens (including phenoxy) is 1. The van der Waals surface area contributed by atoms with Gasteiger partial charge in [-0.3, -0.25) is 9.59 Å². The van der Waals surface area contributed by atoms with Gasteiger partial charge in [0, 0.05) is 19.6 Å². The summed E-state index contributed by atoms with van der Waals surface area (Å²) in [7, 11) is -3.70. The zero-order chi connectivity index (χ0) is 17.7. The molecule has 1 aliphatic heterocycles. The maximum atomic E-state index is 12.2. The first-order valence-corrected chi connectivity index (χ1v) is 8.87. The Balaban J connectivity index is 1.96. The minimum absolute atomic E-state index is 0.0371. The van der Waals surface area contributed by atoms with Gasteiger partial charge >= 0.3 is 5.97 Å². The number of aromatic nitrogens is 4. The summed E-state index contributed by atoms with van der Waals surface area (Å²) in [6.45, 7) is -0.0831. The van der Waals surface area contributed by atoms with Crippen molar-refractivity contribution in [3.8, 4) is 0 Å². The summed E-state index contributed by atoms with van der Waals surface area (Å²) in [6.07, 6.45) is 1.64. The lowest BCUT2D eigenvalue weighted by atomic mass is 10.2. The Morgan fingerprint density at radius 2 is 2.21 bits per heavy atom. The maximum Gasteiger partial charge on any atom is 0.318 e. The number of carbonyl (C=O) groups is 2. The monoisotopic (exact) mass is 362 g/mol. The van der Waals surface area contributed by atoms with Crippen LogP contribution in [0.15, 0.2) is 6.33 Å². The predicted molar refractivity (Wildman–Crippen MR) is 78.2 cm³/mol. The van der Waals surface area contributed by atoms with Crippen LogP contribution in [0.2, 0.25) is 0 Å². The smallest absolute Gasteiger partial charge is 0.318 e. The molecule has 13 heteroatoms. The molecule has 2 heterocycles. The number of tetrazole rings is 1. The minimum atomic E-state index is -3.70. The second kappa shape index (κ2) is 7.63. The van der Waals surface area contributed by atoms with Gasteiger partial charge in [0.15, 0.2) is 0 Å². The molecule has 1 amide bonds. The number of hydrogen-bond acceptors (Lipinski definition) is 8. The highest BCUT2D eigenvalue weighted by Crippen LogP contribution is 2.10. The fourth-order valence-corrected chi connectivity index (χ4v) is 3.02. The van der Waals surface area contributed by atoms with Crippen molar-refractivity contribution in [1.29, 1.82) is 0 Å². The summed E-state index contributed by atoms with van der Waals surface area (Å²) in [5.41, 5.74) is 0. The summed E-state index contributed by atoms with van der Waals surface area (Å²) in [5, 5.41) is 19.3. The highest BCUT2D eigenvalue weighted by Gasteiger charge is 2.29. The lowest BCUT2D eigenvalue weighted by molar-refractivity contribution is -0.141. The van der Waals surface area contributed by atoms with E-state index in [0.717, 1.165) is 10.6 Å². The third-order valence-electron chi connectivity index (χ3n) is 3.37. The van der Waals surface area contributed by atoms with Crippen molar-refractivity contribution in [2.75, 3.05) is 39.0 Å². The van der Waals surface area contributed by atoms with Gasteiger partial charge < -0.3 is 14.7 Å². The molecule has 1 atom stereocenters.